The number of hydrogen-bond acceptors (Lipinski definition) is 5. The molecule has 3 aromatic rings. The lowest BCUT2D eigenvalue weighted by Gasteiger charge is -1.99. The molecule has 21 heavy (non-hydrogen) atoms. The van der Waals surface area contributed by atoms with E-state index in [1.54, 1.807) is 11.3 Å². The van der Waals surface area contributed by atoms with E-state index in [-0.39, 0.29) is 0 Å². The van der Waals surface area contributed by atoms with Crippen molar-refractivity contribution < 1.29 is 4.42 Å². The molecule has 0 aliphatic carbocycles. The largest absolute Gasteiger partial charge is 0.419 e. The van der Waals surface area contributed by atoms with Crippen molar-refractivity contribution in [2.45, 2.75) is 13.1 Å². The molecule has 1 N–H and O–H groups in total. The number of hydrogen-bond donors (Lipinski definition) is 1. The zero-order chi connectivity index (χ0) is 14.7. The highest BCUT2D eigenvalue weighted by Crippen LogP contribution is 2.26. The van der Waals surface area contributed by atoms with E-state index in [1.165, 1.54) is 4.88 Å². The lowest BCUT2D eigenvalue weighted by molar-refractivity contribution is 0.478. The molecular weight excluding hydrogens is 374 g/mol. The number of nitrogens with one attached hydrogen (secondary N) is 1. The molecule has 0 aliphatic rings. The molecule has 0 unspecified atom stereocenters. The van der Waals surface area contributed by atoms with Gasteiger partial charge in [0.15, 0.2) is 0 Å². The Morgan fingerprint density at radius 1 is 1.14 bits per heavy atom. The summed E-state index contributed by atoms with van der Waals surface area (Å²) in [7, 11) is 0. The minimum atomic E-state index is 0.512. The fourth-order valence-corrected chi connectivity index (χ4v) is 3.32. The second kappa shape index (κ2) is 6.70. The van der Waals surface area contributed by atoms with E-state index in [2.05, 4.69) is 31.4 Å². The van der Waals surface area contributed by atoms with Gasteiger partial charge in [-0.1, -0.05) is 23.7 Å². The van der Waals surface area contributed by atoms with Gasteiger partial charge in [0.05, 0.1) is 16.4 Å². The summed E-state index contributed by atoms with van der Waals surface area (Å²) in [6, 6.07) is 11.6. The fourth-order valence-electron chi connectivity index (χ4n) is 1.81. The summed E-state index contributed by atoms with van der Waals surface area (Å²) in [6.45, 7) is 1.25. The first-order valence-electron chi connectivity index (χ1n) is 6.24. The molecule has 0 atom stereocenters. The van der Waals surface area contributed by atoms with E-state index in [4.69, 9.17) is 16.0 Å². The Kier molecular flexibility index (Phi) is 4.70. The van der Waals surface area contributed by atoms with Gasteiger partial charge < -0.3 is 9.73 Å². The third-order valence-corrected chi connectivity index (χ3v) is 4.70. The number of rotatable bonds is 5. The Morgan fingerprint density at radius 2 is 2.00 bits per heavy atom. The van der Waals surface area contributed by atoms with Crippen molar-refractivity contribution in [1.29, 1.82) is 0 Å². The standard InChI is InChI=1S/C14H11BrClN3OS/c15-11-4-2-1-3-10(11)14-19-18-13(20-14)8-17-7-9-5-6-12(16)21-9/h1-6,17H,7-8H2. The molecule has 0 radical (unpaired) electrons. The minimum Gasteiger partial charge on any atom is -0.419 e. The van der Waals surface area contributed by atoms with Crippen molar-refractivity contribution in [3.8, 4) is 11.5 Å². The van der Waals surface area contributed by atoms with Crippen molar-refractivity contribution in [2.75, 3.05) is 0 Å². The first kappa shape index (κ1) is 14.7. The molecule has 7 heteroatoms. The first-order valence-corrected chi connectivity index (χ1v) is 8.23. The van der Waals surface area contributed by atoms with Crippen molar-refractivity contribution >= 4 is 38.9 Å². The topological polar surface area (TPSA) is 51.0 Å². The Bertz CT molecular complexity index is 743. The molecule has 2 aromatic heterocycles. The summed E-state index contributed by atoms with van der Waals surface area (Å²) in [5, 5.41) is 11.4. The Morgan fingerprint density at radius 3 is 2.76 bits per heavy atom. The third-order valence-electron chi connectivity index (χ3n) is 2.78. The normalized spacial score (nSPS) is 11.0. The zero-order valence-corrected chi connectivity index (χ0v) is 14.0. The monoisotopic (exact) mass is 383 g/mol. The first-order chi connectivity index (χ1) is 10.2. The van der Waals surface area contributed by atoms with Crippen LogP contribution in [-0.4, -0.2) is 10.2 Å². The van der Waals surface area contributed by atoms with Crippen molar-refractivity contribution in [2.24, 2.45) is 0 Å². The summed E-state index contributed by atoms with van der Waals surface area (Å²) >= 11 is 10.9. The molecule has 0 saturated heterocycles. The molecule has 3 rings (SSSR count). The Labute approximate surface area is 139 Å². The van der Waals surface area contributed by atoms with E-state index in [0.29, 0.717) is 18.3 Å². The van der Waals surface area contributed by atoms with Crippen LogP contribution in [-0.2, 0) is 13.1 Å². The summed E-state index contributed by atoms with van der Waals surface area (Å²) in [5.74, 6) is 1.07. The van der Waals surface area contributed by atoms with Gasteiger partial charge in [-0.25, -0.2) is 0 Å². The summed E-state index contributed by atoms with van der Waals surface area (Å²) < 4.78 is 7.38. The number of nitrogens with zero attached hydrogens (tertiary/aromatic N) is 2. The Balaban J connectivity index is 1.62. The summed E-state index contributed by atoms with van der Waals surface area (Å²) in [6.07, 6.45) is 0. The van der Waals surface area contributed by atoms with E-state index in [1.807, 2.05) is 36.4 Å². The predicted octanol–water partition coefficient (Wildman–Crippen LogP) is 4.50. The average Bonchev–Trinajstić information content (AvgIpc) is 3.09. The molecule has 2 heterocycles. The van der Waals surface area contributed by atoms with Gasteiger partial charge in [-0.2, -0.15) is 0 Å². The van der Waals surface area contributed by atoms with Gasteiger partial charge in [0.2, 0.25) is 11.8 Å². The van der Waals surface area contributed by atoms with Crippen LogP contribution in [0.5, 0.6) is 0 Å². The second-order valence-electron chi connectivity index (χ2n) is 4.29. The van der Waals surface area contributed by atoms with Crippen LogP contribution in [0.3, 0.4) is 0 Å². The molecule has 108 valence electrons. The molecule has 0 saturated carbocycles. The molecule has 0 fully saturated rings. The van der Waals surface area contributed by atoms with Gasteiger partial charge in [0, 0.05) is 15.9 Å². The number of benzene rings is 1. The van der Waals surface area contributed by atoms with Gasteiger partial charge in [0.25, 0.3) is 0 Å². The lowest BCUT2D eigenvalue weighted by atomic mass is 10.2. The maximum absolute atomic E-state index is 5.89. The third kappa shape index (κ3) is 3.71. The predicted molar refractivity (Wildman–Crippen MR) is 87.3 cm³/mol. The van der Waals surface area contributed by atoms with Gasteiger partial charge in [-0.3, -0.25) is 0 Å². The average molecular weight is 385 g/mol. The molecule has 0 amide bonds. The molecule has 4 nitrogen and oxygen atoms in total. The number of aromatic nitrogens is 2. The number of halogens is 2. The van der Waals surface area contributed by atoms with Crippen LogP contribution in [0, 0.1) is 0 Å². The SMILES string of the molecule is Clc1ccc(CNCc2nnc(-c3ccccc3Br)o2)s1. The minimum absolute atomic E-state index is 0.512. The van der Waals surface area contributed by atoms with Crippen LogP contribution in [0.4, 0.5) is 0 Å². The van der Waals surface area contributed by atoms with Crippen LogP contribution < -0.4 is 5.32 Å². The highest BCUT2D eigenvalue weighted by atomic mass is 79.9. The van der Waals surface area contributed by atoms with E-state index in [0.717, 1.165) is 20.9 Å². The van der Waals surface area contributed by atoms with E-state index >= 15 is 0 Å². The maximum atomic E-state index is 5.89. The van der Waals surface area contributed by atoms with Gasteiger partial charge in [-0.05, 0) is 40.2 Å². The smallest absolute Gasteiger partial charge is 0.248 e. The lowest BCUT2D eigenvalue weighted by Crippen LogP contribution is -2.11. The molecule has 0 spiro atoms. The molecule has 0 bridgehead atoms. The van der Waals surface area contributed by atoms with Crippen LogP contribution in [0.25, 0.3) is 11.5 Å². The number of thiophene rings is 1. The highest BCUT2D eigenvalue weighted by molar-refractivity contribution is 9.10. The second-order valence-corrected chi connectivity index (χ2v) is 6.94. The van der Waals surface area contributed by atoms with E-state index < -0.39 is 0 Å². The quantitative estimate of drug-likeness (QED) is 0.703. The zero-order valence-electron chi connectivity index (χ0n) is 10.8. The van der Waals surface area contributed by atoms with Crippen LogP contribution >= 0.6 is 38.9 Å². The maximum Gasteiger partial charge on any atom is 0.248 e. The highest BCUT2D eigenvalue weighted by Gasteiger charge is 2.10. The van der Waals surface area contributed by atoms with E-state index in [9.17, 15) is 0 Å². The fraction of sp³-hybridized carbons (Fsp3) is 0.143. The molecule has 0 aliphatic heterocycles. The molecule has 1 aromatic carbocycles. The van der Waals surface area contributed by atoms with Crippen molar-refractivity contribution in [1.82, 2.24) is 15.5 Å². The summed E-state index contributed by atoms with van der Waals surface area (Å²) in [5.41, 5.74) is 0.890. The van der Waals surface area contributed by atoms with Gasteiger partial charge in [-0.15, -0.1) is 21.5 Å². The van der Waals surface area contributed by atoms with Crippen molar-refractivity contribution in [3.05, 3.63) is 56.0 Å². The van der Waals surface area contributed by atoms with Gasteiger partial charge >= 0.3 is 0 Å². The summed E-state index contributed by atoms with van der Waals surface area (Å²) in [4.78, 5) is 1.17. The van der Waals surface area contributed by atoms with Gasteiger partial charge in [0.1, 0.15) is 0 Å². The van der Waals surface area contributed by atoms with Crippen LogP contribution in [0.2, 0.25) is 4.34 Å². The van der Waals surface area contributed by atoms with Crippen molar-refractivity contribution in [3.63, 3.8) is 0 Å². The molecular formula is C14H11BrClN3OS. The van der Waals surface area contributed by atoms with Crippen LogP contribution in [0.1, 0.15) is 10.8 Å². The van der Waals surface area contributed by atoms with Crippen LogP contribution in [0.15, 0.2) is 45.3 Å². The Hall–Kier alpha value is -1.21.